The van der Waals surface area contributed by atoms with Gasteiger partial charge in [-0.3, -0.25) is 6.08 Å². The van der Waals surface area contributed by atoms with Gasteiger partial charge in [0.05, 0.1) is 0 Å². The van der Waals surface area contributed by atoms with E-state index in [2.05, 4.69) is 140 Å². The first kappa shape index (κ1) is 30.2. The molecule has 1 aliphatic carbocycles. The van der Waals surface area contributed by atoms with Gasteiger partial charge in [0.15, 0.2) is 0 Å². The van der Waals surface area contributed by atoms with Crippen LogP contribution in [0.4, 0.5) is 0 Å². The van der Waals surface area contributed by atoms with Crippen molar-refractivity contribution < 1.29 is 24.2 Å². The van der Waals surface area contributed by atoms with E-state index in [-0.39, 0.29) is 14.9 Å². The zero-order valence-corrected chi connectivity index (χ0v) is 24.7. The molecule has 0 spiro atoms. The number of fused-ring (bicyclic) bond motifs is 3. The Hall–Kier alpha value is -3.02. The second-order valence-corrected chi connectivity index (χ2v) is 9.74. The topological polar surface area (TPSA) is 0 Å². The predicted molar refractivity (Wildman–Crippen MR) is 161 cm³/mol. The van der Waals surface area contributed by atoms with Crippen LogP contribution in [-0.2, 0) is 24.2 Å². The fourth-order valence-corrected chi connectivity index (χ4v) is 5.00. The van der Waals surface area contributed by atoms with Crippen molar-refractivity contribution in [1.82, 2.24) is 0 Å². The van der Waals surface area contributed by atoms with Crippen molar-refractivity contribution >= 4 is 24.8 Å². The van der Waals surface area contributed by atoms with Crippen LogP contribution < -0.4 is 0 Å². The number of rotatable bonds is 4. The summed E-state index contributed by atoms with van der Waals surface area (Å²) in [5.41, 5.74) is 4.13. The summed E-state index contributed by atoms with van der Waals surface area (Å²) >= 11 is 1.46. The minimum atomic E-state index is 0. The molecule has 0 saturated heterocycles. The molecule has 5 aromatic carbocycles. The Kier molecular flexibility index (Phi) is 13.0. The largest absolute Gasteiger partial charge is 0.126 e. The first-order valence-corrected chi connectivity index (χ1v) is 13.5. The van der Waals surface area contributed by atoms with Gasteiger partial charge in [-0.25, -0.2) is 11.6 Å². The van der Waals surface area contributed by atoms with Crippen LogP contribution in [0.3, 0.4) is 0 Å². The van der Waals surface area contributed by atoms with Gasteiger partial charge in [0.1, 0.15) is 0 Å². The molecule has 1 heteroatoms. The predicted octanol–water partition coefficient (Wildman–Crippen LogP) is 9.89. The van der Waals surface area contributed by atoms with Crippen LogP contribution in [0.15, 0.2) is 133 Å². The molecule has 0 heterocycles. The molecule has 0 nitrogen and oxygen atoms in total. The summed E-state index contributed by atoms with van der Waals surface area (Å²) in [6, 6.07) is 40.4. The molecule has 0 saturated carbocycles. The molecule has 0 aliphatic heterocycles. The summed E-state index contributed by atoms with van der Waals surface area (Å²) in [5.74, 6) is 0. The molecule has 188 valence electrons. The van der Waals surface area contributed by atoms with Crippen molar-refractivity contribution in [2.45, 2.75) is 26.2 Å². The van der Waals surface area contributed by atoms with Gasteiger partial charge in [-0.15, -0.1) is 46.2 Å². The summed E-state index contributed by atoms with van der Waals surface area (Å²) in [6.07, 6.45) is 11.0. The van der Waals surface area contributed by atoms with Crippen molar-refractivity contribution in [3.63, 3.8) is 0 Å². The molecule has 5 aromatic rings. The van der Waals surface area contributed by atoms with Crippen LogP contribution in [0, 0.1) is 20.9 Å². The molecule has 0 unspecified atom stereocenters. The Morgan fingerprint density at radius 2 is 1.16 bits per heavy atom. The van der Waals surface area contributed by atoms with Crippen molar-refractivity contribution in [3.8, 4) is 0 Å². The van der Waals surface area contributed by atoms with Gasteiger partial charge in [-0.05, 0) is 0 Å². The zero-order valence-electron chi connectivity index (χ0n) is 22.2. The molecular weight excluding hydrogens is 524 g/mol. The SMILES string of the molecule is CCCC1=CC[C-]=C1.[CH3-].[CH3-].[Zr]=[C](c1ccccc1)c1ccccc1.c1ccc2c(c1)[cH-]c1ccccc12. The fourth-order valence-electron chi connectivity index (χ4n) is 4.18. The van der Waals surface area contributed by atoms with Gasteiger partial charge in [0.25, 0.3) is 0 Å². The molecule has 0 N–H and O–H groups in total. The van der Waals surface area contributed by atoms with Crippen molar-refractivity contribution in [1.29, 1.82) is 0 Å². The molecule has 0 radical (unpaired) electrons. The second kappa shape index (κ2) is 16.0. The maximum Gasteiger partial charge on any atom is -0.0771 e. The van der Waals surface area contributed by atoms with Crippen molar-refractivity contribution in [2.24, 2.45) is 0 Å². The average Bonchev–Trinajstić information content (AvgIpc) is 3.58. The molecule has 0 amide bonds. The van der Waals surface area contributed by atoms with E-state index >= 15 is 0 Å². The molecular formula is C36H36Zr-4. The van der Waals surface area contributed by atoms with Crippen molar-refractivity contribution in [2.75, 3.05) is 0 Å². The molecule has 6 rings (SSSR count). The van der Waals surface area contributed by atoms with E-state index in [1.165, 1.54) is 78.5 Å². The zero-order chi connectivity index (χ0) is 24.3. The maximum absolute atomic E-state index is 3.14. The summed E-state index contributed by atoms with van der Waals surface area (Å²) in [6.45, 7) is 2.20. The van der Waals surface area contributed by atoms with Crippen LogP contribution in [0.5, 0.6) is 0 Å². The van der Waals surface area contributed by atoms with Crippen LogP contribution in [-0.4, -0.2) is 3.21 Å². The van der Waals surface area contributed by atoms with Gasteiger partial charge >= 0.3 is 99.2 Å². The van der Waals surface area contributed by atoms with Gasteiger partial charge in [-0.2, -0.15) is 6.08 Å². The van der Waals surface area contributed by atoms with E-state index in [1.54, 1.807) is 0 Å². The van der Waals surface area contributed by atoms with E-state index < -0.39 is 0 Å². The number of allylic oxidation sites excluding steroid dienone is 4. The van der Waals surface area contributed by atoms with Crippen LogP contribution >= 0.6 is 0 Å². The third kappa shape index (κ3) is 8.51. The average molecular weight is 560 g/mol. The first-order chi connectivity index (χ1) is 17.3. The van der Waals surface area contributed by atoms with E-state index in [1.807, 2.05) is 0 Å². The molecule has 0 atom stereocenters. The van der Waals surface area contributed by atoms with E-state index in [9.17, 15) is 0 Å². The van der Waals surface area contributed by atoms with Gasteiger partial charge in [-0.1, -0.05) is 56.2 Å². The van der Waals surface area contributed by atoms with Gasteiger partial charge in [0.2, 0.25) is 0 Å². The summed E-state index contributed by atoms with van der Waals surface area (Å²) < 4.78 is 1.42. The third-order valence-corrected chi connectivity index (χ3v) is 7.38. The molecule has 37 heavy (non-hydrogen) atoms. The summed E-state index contributed by atoms with van der Waals surface area (Å²) in [5, 5.41) is 5.39. The standard InChI is InChI=1S/C13H9.C13H10.C8H11.2CH3.Zr/c1-3-7-12-10(5-1)9-11-6-2-4-8-13(11)12;1-3-7-12(8-4-1)11-13-9-5-2-6-10-13;1-2-5-8-6-3-4-7-8;;;/h1-9H;1-10H;6-7H,2-3,5H2,1H3;2*1H3;/q-1;;3*-1;. The Bertz CT molecular complexity index is 1330. The van der Waals surface area contributed by atoms with Crippen LogP contribution in [0.25, 0.3) is 21.5 Å². The number of hydrogen-bond donors (Lipinski definition) is 0. The summed E-state index contributed by atoms with van der Waals surface area (Å²) in [7, 11) is 0. The monoisotopic (exact) mass is 558 g/mol. The molecule has 0 bridgehead atoms. The molecule has 1 aliphatic rings. The van der Waals surface area contributed by atoms with Crippen LogP contribution in [0.1, 0.15) is 37.3 Å². The fraction of sp³-hybridized carbons (Fsp3) is 0.111. The maximum atomic E-state index is 3.14. The minimum Gasteiger partial charge on any atom is -0.126 e. The first-order valence-electron chi connectivity index (χ1n) is 12.2. The Labute approximate surface area is 239 Å². The third-order valence-electron chi connectivity index (χ3n) is 5.96. The number of hydrogen-bond acceptors (Lipinski definition) is 0. The van der Waals surface area contributed by atoms with E-state index in [4.69, 9.17) is 0 Å². The Balaban J connectivity index is 0.000000197. The smallest absolute Gasteiger partial charge is 0.0771 e. The van der Waals surface area contributed by atoms with Gasteiger partial charge < -0.3 is 14.9 Å². The normalized spacial score (nSPS) is 11.2. The Morgan fingerprint density at radius 1 is 0.703 bits per heavy atom. The molecule has 0 aromatic heterocycles. The minimum absolute atomic E-state index is 0. The quantitative estimate of drug-likeness (QED) is 0.192. The van der Waals surface area contributed by atoms with Crippen molar-refractivity contribution in [3.05, 3.63) is 165 Å². The second-order valence-electron chi connectivity index (χ2n) is 8.51. The van der Waals surface area contributed by atoms with Gasteiger partial charge in [0, 0.05) is 0 Å². The van der Waals surface area contributed by atoms with E-state index in [0.717, 1.165) is 6.42 Å². The number of benzene rings is 4. The Morgan fingerprint density at radius 3 is 1.59 bits per heavy atom. The van der Waals surface area contributed by atoms with Crippen LogP contribution in [0.2, 0.25) is 0 Å². The summed E-state index contributed by atoms with van der Waals surface area (Å²) in [4.78, 5) is 0. The molecule has 0 fully saturated rings. The van der Waals surface area contributed by atoms with E-state index in [0.29, 0.717) is 0 Å².